The molecular formula is C17H18N2O2. The zero-order valence-corrected chi connectivity index (χ0v) is 11.8. The third-order valence-electron chi connectivity index (χ3n) is 3.78. The van der Waals surface area contributed by atoms with Crippen molar-refractivity contribution in [3.05, 3.63) is 65.2 Å². The largest absolute Gasteiger partial charge is 0.415 e. The fourth-order valence-electron chi connectivity index (χ4n) is 2.58. The van der Waals surface area contributed by atoms with Crippen molar-refractivity contribution in [3.8, 4) is 5.75 Å². The lowest BCUT2D eigenvalue weighted by atomic mass is 10.0. The van der Waals surface area contributed by atoms with Crippen molar-refractivity contribution < 1.29 is 9.53 Å². The van der Waals surface area contributed by atoms with Crippen LogP contribution in [0.2, 0.25) is 0 Å². The van der Waals surface area contributed by atoms with Crippen LogP contribution in [-0.2, 0) is 19.5 Å². The number of ether oxygens (including phenoxy) is 1. The molecule has 21 heavy (non-hydrogen) atoms. The summed E-state index contributed by atoms with van der Waals surface area (Å²) in [7, 11) is 0. The number of benzene rings is 2. The fraction of sp³-hybridized carbons (Fsp3) is 0.235. The lowest BCUT2D eigenvalue weighted by Gasteiger charge is -2.28. The summed E-state index contributed by atoms with van der Waals surface area (Å²) in [4.78, 5) is 14.0. The average Bonchev–Trinajstić information content (AvgIpc) is 2.55. The maximum atomic E-state index is 12.3. The molecule has 1 amide bonds. The Kier molecular flexibility index (Phi) is 3.88. The summed E-state index contributed by atoms with van der Waals surface area (Å²) in [5.41, 5.74) is 9.00. The number of hydrogen-bond donors (Lipinski definition) is 1. The predicted molar refractivity (Wildman–Crippen MR) is 80.9 cm³/mol. The lowest BCUT2D eigenvalue weighted by Crippen LogP contribution is -2.38. The molecule has 1 heterocycles. The molecule has 2 N–H and O–H groups in total. The summed E-state index contributed by atoms with van der Waals surface area (Å²) in [6, 6.07) is 15.6. The average molecular weight is 282 g/mol. The Morgan fingerprint density at radius 2 is 1.81 bits per heavy atom. The molecule has 0 bridgehead atoms. The van der Waals surface area contributed by atoms with E-state index in [0.717, 1.165) is 12.0 Å². The van der Waals surface area contributed by atoms with Crippen LogP contribution in [0, 0.1) is 0 Å². The van der Waals surface area contributed by atoms with Crippen molar-refractivity contribution in [2.24, 2.45) is 5.73 Å². The van der Waals surface area contributed by atoms with Gasteiger partial charge in [0.05, 0.1) is 0 Å². The van der Waals surface area contributed by atoms with E-state index in [1.54, 1.807) is 11.0 Å². The van der Waals surface area contributed by atoms with Gasteiger partial charge in [-0.25, -0.2) is 4.79 Å². The maximum absolute atomic E-state index is 12.3. The normalized spacial score (nSPS) is 13.7. The number of hydrogen-bond acceptors (Lipinski definition) is 3. The van der Waals surface area contributed by atoms with Crippen LogP contribution in [0.5, 0.6) is 5.75 Å². The first-order chi connectivity index (χ1) is 10.3. The van der Waals surface area contributed by atoms with Crippen molar-refractivity contribution in [2.45, 2.75) is 19.5 Å². The van der Waals surface area contributed by atoms with E-state index in [-0.39, 0.29) is 6.09 Å². The summed E-state index contributed by atoms with van der Waals surface area (Å²) in [5.74, 6) is 0.545. The van der Waals surface area contributed by atoms with Crippen LogP contribution in [0.15, 0.2) is 48.5 Å². The van der Waals surface area contributed by atoms with E-state index in [4.69, 9.17) is 10.5 Å². The third-order valence-corrected chi connectivity index (χ3v) is 3.78. The first-order valence-corrected chi connectivity index (χ1v) is 7.09. The fourth-order valence-corrected chi connectivity index (χ4v) is 2.58. The smallest absolute Gasteiger partial charge is 0.410 e. The lowest BCUT2D eigenvalue weighted by molar-refractivity contribution is 0.146. The highest BCUT2D eigenvalue weighted by molar-refractivity contribution is 5.71. The van der Waals surface area contributed by atoms with Crippen molar-refractivity contribution in [1.82, 2.24) is 4.90 Å². The molecule has 0 fully saturated rings. The number of nitrogens with zero attached hydrogens (tertiary/aromatic N) is 1. The van der Waals surface area contributed by atoms with E-state index in [1.165, 1.54) is 11.1 Å². The van der Waals surface area contributed by atoms with Crippen molar-refractivity contribution in [1.29, 1.82) is 0 Å². The van der Waals surface area contributed by atoms with Crippen LogP contribution in [0.3, 0.4) is 0 Å². The molecule has 0 atom stereocenters. The summed E-state index contributed by atoms with van der Waals surface area (Å²) in [6.07, 6.45) is 0.550. The molecule has 1 aliphatic rings. The Bertz CT molecular complexity index is 655. The highest BCUT2D eigenvalue weighted by atomic mass is 16.6. The molecule has 0 unspecified atom stereocenters. The molecule has 108 valence electrons. The Morgan fingerprint density at radius 3 is 2.62 bits per heavy atom. The predicted octanol–water partition coefficient (Wildman–Crippen LogP) is 2.70. The van der Waals surface area contributed by atoms with Crippen molar-refractivity contribution >= 4 is 6.09 Å². The Hall–Kier alpha value is -2.33. The molecule has 0 aromatic heterocycles. The summed E-state index contributed by atoms with van der Waals surface area (Å²) in [5, 5.41) is 0. The molecule has 0 spiro atoms. The Morgan fingerprint density at radius 1 is 1.10 bits per heavy atom. The van der Waals surface area contributed by atoms with Crippen LogP contribution in [0.1, 0.15) is 16.7 Å². The van der Waals surface area contributed by atoms with E-state index >= 15 is 0 Å². The minimum Gasteiger partial charge on any atom is -0.410 e. The highest BCUT2D eigenvalue weighted by Crippen LogP contribution is 2.22. The van der Waals surface area contributed by atoms with Gasteiger partial charge in [0.25, 0.3) is 0 Å². The minimum absolute atomic E-state index is 0.314. The number of nitrogens with two attached hydrogens (primary N) is 1. The monoisotopic (exact) mass is 282 g/mol. The van der Waals surface area contributed by atoms with E-state index in [9.17, 15) is 4.79 Å². The van der Waals surface area contributed by atoms with E-state index in [0.29, 0.717) is 25.4 Å². The third kappa shape index (κ3) is 2.90. The highest BCUT2D eigenvalue weighted by Gasteiger charge is 2.22. The van der Waals surface area contributed by atoms with Gasteiger partial charge in [-0.2, -0.15) is 0 Å². The molecule has 2 aromatic rings. The van der Waals surface area contributed by atoms with Crippen LogP contribution in [0.25, 0.3) is 0 Å². The molecule has 3 rings (SSSR count). The molecule has 1 aliphatic heterocycles. The zero-order chi connectivity index (χ0) is 14.7. The van der Waals surface area contributed by atoms with Crippen molar-refractivity contribution in [2.75, 3.05) is 6.54 Å². The summed E-state index contributed by atoms with van der Waals surface area (Å²) < 4.78 is 5.50. The summed E-state index contributed by atoms with van der Waals surface area (Å²) in [6.45, 7) is 1.63. The minimum atomic E-state index is -0.314. The molecule has 0 radical (unpaired) electrons. The van der Waals surface area contributed by atoms with E-state index in [2.05, 4.69) is 12.1 Å². The number of fused-ring (bicyclic) bond motifs is 1. The van der Waals surface area contributed by atoms with Gasteiger partial charge in [0.2, 0.25) is 0 Å². The van der Waals surface area contributed by atoms with Crippen molar-refractivity contribution in [3.63, 3.8) is 0 Å². The molecule has 0 saturated heterocycles. The van der Waals surface area contributed by atoms with Gasteiger partial charge in [0.1, 0.15) is 5.75 Å². The number of amides is 1. The van der Waals surface area contributed by atoms with Gasteiger partial charge in [-0.05, 0) is 23.6 Å². The quantitative estimate of drug-likeness (QED) is 0.921. The molecule has 4 nitrogen and oxygen atoms in total. The first-order valence-electron chi connectivity index (χ1n) is 7.09. The van der Waals surface area contributed by atoms with Gasteiger partial charge in [-0.15, -0.1) is 0 Å². The molecule has 0 aliphatic carbocycles. The zero-order valence-electron chi connectivity index (χ0n) is 11.8. The van der Waals surface area contributed by atoms with Gasteiger partial charge in [-0.1, -0.05) is 42.5 Å². The molecule has 0 saturated carbocycles. The Balaban J connectivity index is 1.72. The van der Waals surface area contributed by atoms with Gasteiger partial charge in [0.15, 0.2) is 0 Å². The maximum Gasteiger partial charge on any atom is 0.415 e. The van der Waals surface area contributed by atoms with Gasteiger partial charge >= 0.3 is 6.09 Å². The van der Waals surface area contributed by atoms with Crippen LogP contribution in [0.4, 0.5) is 4.79 Å². The standard InChI is InChI=1S/C17H18N2O2/c18-11-14-6-3-4-8-16(14)21-17(20)19-10-9-13-5-1-2-7-15(13)12-19/h1-8H,9-12,18H2. The Labute approximate surface area is 124 Å². The molecule has 4 heteroatoms. The first kappa shape index (κ1) is 13.6. The van der Waals surface area contributed by atoms with Gasteiger partial charge in [-0.3, -0.25) is 0 Å². The van der Waals surface area contributed by atoms with Gasteiger partial charge in [0, 0.05) is 25.2 Å². The van der Waals surface area contributed by atoms with Gasteiger partial charge < -0.3 is 15.4 Å². The van der Waals surface area contributed by atoms with Crippen LogP contribution >= 0.6 is 0 Å². The second-order valence-corrected chi connectivity index (χ2v) is 5.12. The van der Waals surface area contributed by atoms with E-state index in [1.807, 2.05) is 30.3 Å². The second kappa shape index (κ2) is 5.97. The number of para-hydroxylation sites is 1. The number of rotatable bonds is 2. The van der Waals surface area contributed by atoms with E-state index < -0.39 is 0 Å². The SMILES string of the molecule is NCc1ccccc1OC(=O)N1CCc2ccccc2C1. The molecule has 2 aromatic carbocycles. The summed E-state index contributed by atoms with van der Waals surface area (Å²) >= 11 is 0. The second-order valence-electron chi connectivity index (χ2n) is 5.12. The van der Waals surface area contributed by atoms with Crippen LogP contribution < -0.4 is 10.5 Å². The molecular weight excluding hydrogens is 264 g/mol. The topological polar surface area (TPSA) is 55.6 Å². The van der Waals surface area contributed by atoms with Crippen LogP contribution in [-0.4, -0.2) is 17.5 Å². The number of carbonyl (C=O) groups excluding carboxylic acids is 1. The number of carbonyl (C=O) groups is 1.